The molecule has 0 bridgehead atoms. The molecule has 1 aliphatic rings. The van der Waals surface area contributed by atoms with Crippen LogP contribution in [-0.4, -0.2) is 118 Å². The Hall–Kier alpha value is -7.76. The van der Waals surface area contributed by atoms with Crippen LogP contribution in [-0.2, 0) is 29.0 Å². The fraction of sp³-hybridized carbons (Fsp3) is 0.333. The molecule has 500 valence electrons. The van der Waals surface area contributed by atoms with E-state index in [1.54, 1.807) is 0 Å². The van der Waals surface area contributed by atoms with Gasteiger partial charge in [-0.25, -0.2) is 0 Å². The Bertz CT molecular complexity index is 3570. The summed E-state index contributed by atoms with van der Waals surface area (Å²) in [7, 11) is -20.6. The minimum atomic E-state index is -4.51. The second-order valence-corrected chi connectivity index (χ2v) is 28.3. The Kier molecular flexibility index (Phi) is 29.0. The van der Waals surface area contributed by atoms with Crippen molar-refractivity contribution >= 4 is 118 Å². The maximum atomic E-state index is 12.4. The molecule has 0 spiro atoms. The normalized spacial score (nSPS) is 13.0. The molecule has 0 heterocycles. The molecule has 1 saturated carbocycles. The number of halogens is 3. The fourth-order valence-electron chi connectivity index (χ4n) is 6.80. The number of nitrogens with zero attached hydrogens (tertiary/aromatic N) is 4. The number of alkyl halides is 3. The topological polar surface area (TPSA) is 650 Å². The maximum absolute atomic E-state index is 12.4. The Morgan fingerprint density at radius 1 is 0.478 bits per heavy atom. The molecule has 0 radical (unpaired) electrons. The average molecular weight is 1380 g/mol. The highest BCUT2D eigenvalue weighted by atomic mass is 31.2. The van der Waals surface area contributed by atoms with Crippen molar-refractivity contribution < 1.29 is 105 Å². The first-order valence-electron chi connectivity index (χ1n) is 25.3. The molecule has 1 unspecified atom stereocenters. The summed E-state index contributed by atoms with van der Waals surface area (Å²) in [6, 6.07) is 18.2. The van der Waals surface area contributed by atoms with E-state index in [0.717, 1.165) is 24.3 Å². The summed E-state index contributed by atoms with van der Waals surface area (Å²) in [4.78, 5) is 128. The van der Waals surface area contributed by atoms with E-state index in [1.807, 2.05) is 0 Å². The molecule has 90 heavy (non-hydrogen) atoms. The standard InChI is InChI=1S/C10H12F3N2O3P.C10H16N3O5P.C9H14N3O5P.2C8H12N3O5P/c11-10(12,13)6-1-2-8(7(14)5-6)15-9(3-4-9)19(16,17)18;11-9-7-8(13(14)15)3-4-10(9)12-5-1-2-6-19(16,17)18;10-8-6-7(12(13)14)2-3-9(8)11-4-1-5-18(15,16)17;1-5(17(14,15)16)10-8-3-2-6(11(12)13)4-7(8)9;9-7-5-6(11(12)13)1-2-8(7)10-3-4-17(14,15)16/h1-2,5,15H,3-4,14H2,(H2,16,17,18);3-4,7,12H,1-2,5-6,11H2,(H2,16,17,18);2-3,6,11H,1,4-5,10H2,(H2,15,16,17);2-5,10H,9H2,1H3,(H2,14,15,16);1-2,5,10H,3-4,9H2,(H2,14,15,16). The number of nitro groups is 4. The number of unbranched alkanes of at least 4 members (excludes halogenated alkanes) is 1. The van der Waals surface area contributed by atoms with Crippen LogP contribution in [0.5, 0.6) is 0 Å². The van der Waals surface area contributed by atoms with E-state index in [2.05, 4.69) is 26.6 Å². The Morgan fingerprint density at radius 2 is 0.800 bits per heavy atom. The largest absolute Gasteiger partial charge is 0.416 e. The number of nitrogen functional groups attached to an aromatic ring is 5. The fourth-order valence-corrected chi connectivity index (χ4v) is 9.68. The number of rotatable bonds is 25. The van der Waals surface area contributed by atoms with Crippen molar-refractivity contribution in [1.29, 1.82) is 0 Å². The van der Waals surface area contributed by atoms with E-state index >= 15 is 0 Å². The third-order valence-electron chi connectivity index (χ3n) is 11.7. The first kappa shape index (κ1) is 78.3. The van der Waals surface area contributed by atoms with Crippen molar-refractivity contribution in [3.63, 3.8) is 0 Å². The highest BCUT2D eigenvalue weighted by Crippen LogP contribution is 2.65. The number of anilines is 10. The summed E-state index contributed by atoms with van der Waals surface area (Å²) in [5.41, 5.74) is 28.7. The third kappa shape index (κ3) is 28.8. The third-order valence-corrected chi connectivity index (χ3v) is 17.1. The van der Waals surface area contributed by atoms with E-state index in [9.17, 15) is 86.2 Å². The molecule has 1 fully saturated rings. The smallest absolute Gasteiger partial charge is 0.397 e. The molecule has 6 rings (SSSR count). The number of hydrogen-bond acceptors (Lipinski definition) is 23. The van der Waals surface area contributed by atoms with Crippen molar-refractivity contribution in [2.45, 2.75) is 56.3 Å². The lowest BCUT2D eigenvalue weighted by molar-refractivity contribution is -0.385. The minimum absolute atomic E-state index is 0.0340. The summed E-state index contributed by atoms with van der Waals surface area (Å²) in [6.45, 7) is 2.14. The quantitative estimate of drug-likeness (QED) is 0.00923. The van der Waals surface area contributed by atoms with Gasteiger partial charge < -0.3 is 104 Å². The van der Waals surface area contributed by atoms with Gasteiger partial charge >= 0.3 is 44.2 Å². The first-order valence-corrected chi connectivity index (χ1v) is 34.0. The molecule has 0 saturated heterocycles. The van der Waals surface area contributed by atoms with Gasteiger partial charge in [-0.2, -0.15) is 13.2 Å². The Morgan fingerprint density at radius 3 is 1.10 bits per heavy atom. The van der Waals surface area contributed by atoms with Crippen LogP contribution in [0.25, 0.3) is 0 Å². The molecule has 45 heteroatoms. The van der Waals surface area contributed by atoms with Crippen molar-refractivity contribution in [1.82, 2.24) is 0 Å². The van der Waals surface area contributed by atoms with Crippen LogP contribution >= 0.6 is 38.0 Å². The maximum Gasteiger partial charge on any atom is 0.416 e. The monoisotopic (exact) mass is 1380 g/mol. The summed E-state index contributed by atoms with van der Waals surface area (Å²) >= 11 is 0. The number of benzene rings is 5. The van der Waals surface area contributed by atoms with E-state index in [-0.39, 0.29) is 107 Å². The number of hydrogen-bond donors (Lipinski definition) is 20. The lowest BCUT2D eigenvalue weighted by atomic mass is 10.1. The van der Waals surface area contributed by atoms with Crippen LogP contribution in [0.2, 0.25) is 0 Å². The summed E-state index contributed by atoms with van der Waals surface area (Å²) in [6.07, 6.45) is -3.46. The van der Waals surface area contributed by atoms with E-state index in [4.69, 9.17) is 67.8 Å². The Balaban J connectivity index is 0.000000384. The summed E-state index contributed by atoms with van der Waals surface area (Å²) in [5, 5.41) is 54.1. The van der Waals surface area contributed by atoms with Crippen LogP contribution in [0, 0.1) is 40.5 Å². The highest BCUT2D eigenvalue weighted by Gasteiger charge is 2.57. The predicted octanol–water partition coefficient (Wildman–Crippen LogP) is 6.95. The van der Waals surface area contributed by atoms with Gasteiger partial charge in [0.25, 0.3) is 22.7 Å². The van der Waals surface area contributed by atoms with Gasteiger partial charge in [-0.3, -0.25) is 63.3 Å². The van der Waals surface area contributed by atoms with Gasteiger partial charge in [-0.15, -0.1) is 0 Å². The van der Waals surface area contributed by atoms with E-state index < -0.39 is 80.5 Å². The number of nitrogens with one attached hydrogen (secondary N) is 5. The van der Waals surface area contributed by atoms with Crippen LogP contribution < -0.4 is 55.3 Å². The van der Waals surface area contributed by atoms with Gasteiger partial charge in [0, 0.05) is 74.3 Å². The van der Waals surface area contributed by atoms with Crippen LogP contribution in [0.3, 0.4) is 0 Å². The minimum Gasteiger partial charge on any atom is -0.397 e. The number of nitro benzene ring substituents is 4. The zero-order valence-electron chi connectivity index (χ0n) is 46.8. The van der Waals surface area contributed by atoms with Gasteiger partial charge in [0.15, 0.2) is 0 Å². The predicted molar refractivity (Wildman–Crippen MR) is 329 cm³/mol. The Labute approximate surface area is 507 Å². The van der Waals surface area contributed by atoms with Crippen molar-refractivity contribution in [3.8, 4) is 0 Å². The molecular weight excluding hydrogens is 1320 g/mol. The first-order chi connectivity index (χ1) is 41.1. The van der Waals surface area contributed by atoms with E-state index in [0.29, 0.717) is 43.0 Å². The highest BCUT2D eigenvalue weighted by molar-refractivity contribution is 7.54. The molecule has 5 aromatic rings. The van der Waals surface area contributed by atoms with Crippen LogP contribution in [0.4, 0.5) is 92.8 Å². The molecule has 1 atom stereocenters. The van der Waals surface area contributed by atoms with Gasteiger partial charge in [-0.1, -0.05) is 0 Å². The van der Waals surface area contributed by atoms with Crippen LogP contribution in [0.1, 0.15) is 44.6 Å². The SMILES string of the molecule is CC(Nc1ccc([N+](=O)[O-])cc1N)P(=O)(O)O.Nc1cc(C(F)(F)F)ccc1NC1(P(=O)(O)O)CC1.Nc1cc([N+](=O)[O-])ccc1NCCCCP(=O)(O)O.Nc1cc([N+](=O)[O-])ccc1NCCCP(=O)(O)O.Nc1cc([N+](=O)[O-])ccc1NCCP(=O)(O)O. The molecule has 1 aliphatic carbocycles. The molecule has 5 aromatic carbocycles. The number of nitrogens with two attached hydrogens (primary N) is 5. The molecule has 25 N–H and O–H groups in total. The van der Waals surface area contributed by atoms with E-state index in [1.165, 1.54) is 73.7 Å². The number of non-ortho nitro benzene ring substituents is 4. The van der Waals surface area contributed by atoms with Crippen molar-refractivity contribution in [2.75, 3.05) is 93.4 Å². The molecule has 0 aliphatic heterocycles. The van der Waals surface area contributed by atoms with Crippen molar-refractivity contribution in [2.24, 2.45) is 0 Å². The van der Waals surface area contributed by atoms with Gasteiger partial charge in [0.1, 0.15) is 11.1 Å². The van der Waals surface area contributed by atoms with Gasteiger partial charge in [0.05, 0.1) is 94.5 Å². The molecule has 37 nitrogen and oxygen atoms in total. The molecule has 0 aromatic heterocycles. The average Bonchev–Trinajstić information content (AvgIpc) is 1.60. The second kappa shape index (κ2) is 33.3. The molecular formula is C45H66F3N14O23P5. The zero-order valence-corrected chi connectivity index (χ0v) is 51.3. The summed E-state index contributed by atoms with van der Waals surface area (Å²) in [5.74, 6) is -1.12. The van der Waals surface area contributed by atoms with Crippen molar-refractivity contribution in [3.05, 3.63) is 137 Å². The zero-order chi connectivity index (χ0) is 69.0. The second-order valence-electron chi connectivity index (χ2n) is 19.0. The molecule has 0 amide bonds. The lowest BCUT2D eigenvalue weighted by Crippen LogP contribution is -2.22. The van der Waals surface area contributed by atoms with Gasteiger partial charge in [0.2, 0.25) is 0 Å². The van der Waals surface area contributed by atoms with Gasteiger partial charge in [-0.05, 0) is 81.5 Å². The lowest BCUT2D eigenvalue weighted by Gasteiger charge is -2.21. The van der Waals surface area contributed by atoms with Crippen LogP contribution in [0.15, 0.2) is 91.0 Å². The summed E-state index contributed by atoms with van der Waals surface area (Å²) < 4.78 is 91.3.